The van der Waals surface area contributed by atoms with Crippen molar-refractivity contribution >= 4 is 46.8 Å². The molecule has 2 rings (SSSR count). The summed E-state index contributed by atoms with van der Waals surface area (Å²) in [4.78, 5) is 27.6. The molecular formula is C24H30Cl2N2O3S. The van der Waals surface area contributed by atoms with Gasteiger partial charge in [0.15, 0.2) is 0 Å². The van der Waals surface area contributed by atoms with E-state index < -0.39 is 11.6 Å². The van der Waals surface area contributed by atoms with Crippen LogP contribution in [0, 0.1) is 0 Å². The number of hydrogen-bond acceptors (Lipinski definition) is 4. The molecule has 8 heteroatoms. The molecule has 0 unspecified atom stereocenters. The molecule has 0 radical (unpaired) electrons. The van der Waals surface area contributed by atoms with E-state index in [0.29, 0.717) is 21.4 Å². The predicted molar refractivity (Wildman–Crippen MR) is 134 cm³/mol. The van der Waals surface area contributed by atoms with Crippen molar-refractivity contribution in [1.82, 2.24) is 10.2 Å². The summed E-state index contributed by atoms with van der Waals surface area (Å²) < 4.78 is 5.18. The number of benzene rings is 2. The number of rotatable bonds is 9. The summed E-state index contributed by atoms with van der Waals surface area (Å²) in [6.45, 7) is 7.58. The van der Waals surface area contributed by atoms with Crippen LogP contribution >= 0.6 is 35.0 Å². The fourth-order valence-corrected chi connectivity index (χ4v) is 4.36. The van der Waals surface area contributed by atoms with E-state index in [1.807, 2.05) is 45.0 Å². The van der Waals surface area contributed by atoms with Crippen molar-refractivity contribution in [2.45, 2.75) is 51.6 Å². The summed E-state index contributed by atoms with van der Waals surface area (Å²) in [5, 5.41) is 3.87. The van der Waals surface area contributed by atoms with Crippen molar-refractivity contribution in [2.24, 2.45) is 0 Å². The second-order valence-electron chi connectivity index (χ2n) is 8.48. The molecule has 5 nitrogen and oxygen atoms in total. The molecule has 1 atom stereocenters. The van der Waals surface area contributed by atoms with Crippen LogP contribution in [0.2, 0.25) is 10.0 Å². The van der Waals surface area contributed by atoms with Crippen LogP contribution in [0.3, 0.4) is 0 Å². The normalized spacial score (nSPS) is 12.2. The van der Waals surface area contributed by atoms with E-state index >= 15 is 0 Å². The standard InChI is InChI=1S/C24H30Cl2N2O3S/c1-16(23(30)27-24(2,3)4)28(13-19-20(25)7-6-8-21(19)26)22(29)15-32-14-17-9-11-18(31-5)12-10-17/h6-12,16H,13-15H2,1-5H3,(H,27,30)/t16-/m0/s1. The Labute approximate surface area is 204 Å². The number of carbonyl (C=O) groups is 2. The highest BCUT2D eigenvalue weighted by Gasteiger charge is 2.29. The number of hydrogen-bond donors (Lipinski definition) is 1. The summed E-state index contributed by atoms with van der Waals surface area (Å²) in [6.07, 6.45) is 0. The predicted octanol–water partition coefficient (Wildman–Crippen LogP) is 5.57. The van der Waals surface area contributed by atoms with Gasteiger partial charge in [-0.25, -0.2) is 0 Å². The number of halogens is 2. The van der Waals surface area contributed by atoms with Gasteiger partial charge < -0.3 is 15.0 Å². The highest BCUT2D eigenvalue weighted by atomic mass is 35.5. The maximum atomic E-state index is 13.2. The number of nitrogens with one attached hydrogen (secondary N) is 1. The van der Waals surface area contributed by atoms with Crippen LogP contribution in [0.4, 0.5) is 0 Å². The molecule has 1 N–H and O–H groups in total. The molecule has 0 aliphatic carbocycles. The fraction of sp³-hybridized carbons (Fsp3) is 0.417. The van der Waals surface area contributed by atoms with Gasteiger partial charge in [-0.05, 0) is 57.5 Å². The molecule has 32 heavy (non-hydrogen) atoms. The lowest BCUT2D eigenvalue weighted by Gasteiger charge is -2.32. The maximum absolute atomic E-state index is 13.2. The smallest absolute Gasteiger partial charge is 0.242 e. The van der Waals surface area contributed by atoms with E-state index in [1.165, 1.54) is 16.7 Å². The lowest BCUT2D eigenvalue weighted by molar-refractivity contribution is -0.139. The first kappa shape index (κ1) is 26.4. The van der Waals surface area contributed by atoms with Crippen molar-refractivity contribution in [3.8, 4) is 5.75 Å². The Kier molecular flexibility index (Phi) is 9.74. The number of amides is 2. The zero-order valence-electron chi connectivity index (χ0n) is 19.1. The Morgan fingerprint density at radius 2 is 1.69 bits per heavy atom. The SMILES string of the molecule is COc1ccc(CSCC(=O)N(Cc2c(Cl)cccc2Cl)[C@@H](C)C(=O)NC(C)(C)C)cc1. The minimum absolute atomic E-state index is 0.152. The van der Waals surface area contributed by atoms with Crippen LogP contribution in [0.1, 0.15) is 38.8 Å². The highest BCUT2D eigenvalue weighted by Crippen LogP contribution is 2.27. The molecule has 2 amide bonds. The topological polar surface area (TPSA) is 58.6 Å². The quantitative estimate of drug-likeness (QED) is 0.492. The van der Waals surface area contributed by atoms with Gasteiger partial charge >= 0.3 is 0 Å². The summed E-state index contributed by atoms with van der Waals surface area (Å²) in [5.41, 5.74) is 1.30. The minimum atomic E-state index is -0.685. The summed E-state index contributed by atoms with van der Waals surface area (Å²) in [6, 6.07) is 12.2. The average molecular weight is 497 g/mol. The van der Waals surface area contributed by atoms with Gasteiger partial charge in [0, 0.05) is 33.4 Å². The van der Waals surface area contributed by atoms with Crippen LogP contribution in [-0.2, 0) is 21.9 Å². The minimum Gasteiger partial charge on any atom is -0.497 e. The molecule has 174 valence electrons. The molecule has 0 bridgehead atoms. The van der Waals surface area contributed by atoms with Gasteiger partial charge in [-0.1, -0.05) is 41.4 Å². The molecule has 0 aliphatic heterocycles. The largest absolute Gasteiger partial charge is 0.497 e. The molecule has 0 heterocycles. The number of thioether (sulfide) groups is 1. The van der Waals surface area contributed by atoms with Gasteiger partial charge in [0.1, 0.15) is 11.8 Å². The first-order chi connectivity index (χ1) is 15.0. The molecule has 0 fully saturated rings. The van der Waals surface area contributed by atoms with Crippen molar-refractivity contribution in [1.29, 1.82) is 0 Å². The van der Waals surface area contributed by atoms with Crippen LogP contribution < -0.4 is 10.1 Å². The molecule has 0 aliphatic rings. The van der Waals surface area contributed by atoms with Crippen molar-refractivity contribution < 1.29 is 14.3 Å². The Bertz CT molecular complexity index is 910. The Morgan fingerprint density at radius 3 is 2.22 bits per heavy atom. The third-order valence-electron chi connectivity index (χ3n) is 4.71. The molecule has 0 saturated carbocycles. The number of carbonyl (C=O) groups excluding carboxylic acids is 2. The Hall–Kier alpha value is -1.89. The van der Waals surface area contributed by atoms with Crippen LogP contribution in [0.15, 0.2) is 42.5 Å². The summed E-state index contributed by atoms with van der Waals surface area (Å²) in [5.74, 6) is 1.29. The number of ether oxygens (including phenoxy) is 1. The van der Waals surface area contributed by atoms with E-state index in [-0.39, 0.29) is 24.1 Å². The van der Waals surface area contributed by atoms with Gasteiger partial charge in [-0.15, -0.1) is 11.8 Å². The summed E-state index contributed by atoms with van der Waals surface area (Å²) >= 11 is 14.2. The Balaban J connectivity index is 2.14. The zero-order chi connectivity index (χ0) is 23.9. The molecule has 0 saturated heterocycles. The second-order valence-corrected chi connectivity index (χ2v) is 10.3. The number of methoxy groups -OCH3 is 1. The molecule has 2 aromatic carbocycles. The third kappa shape index (κ3) is 7.91. The maximum Gasteiger partial charge on any atom is 0.242 e. The lowest BCUT2D eigenvalue weighted by atomic mass is 10.1. The molecule has 0 aromatic heterocycles. The van der Waals surface area contributed by atoms with E-state index in [2.05, 4.69) is 5.32 Å². The summed E-state index contributed by atoms with van der Waals surface area (Å²) in [7, 11) is 1.62. The van der Waals surface area contributed by atoms with Gasteiger partial charge in [0.2, 0.25) is 11.8 Å². The van der Waals surface area contributed by atoms with Crippen LogP contribution in [-0.4, -0.2) is 41.2 Å². The monoisotopic (exact) mass is 496 g/mol. The fourth-order valence-electron chi connectivity index (χ4n) is 2.97. The van der Waals surface area contributed by atoms with Gasteiger partial charge in [-0.3, -0.25) is 9.59 Å². The highest BCUT2D eigenvalue weighted by molar-refractivity contribution is 7.99. The Morgan fingerprint density at radius 1 is 1.09 bits per heavy atom. The first-order valence-corrected chi connectivity index (χ1v) is 12.2. The van der Waals surface area contributed by atoms with E-state index in [1.54, 1.807) is 32.2 Å². The third-order valence-corrected chi connectivity index (χ3v) is 6.41. The van der Waals surface area contributed by atoms with Gasteiger partial charge in [-0.2, -0.15) is 0 Å². The van der Waals surface area contributed by atoms with Crippen molar-refractivity contribution in [3.05, 3.63) is 63.6 Å². The van der Waals surface area contributed by atoms with Gasteiger partial charge in [0.25, 0.3) is 0 Å². The molecule has 2 aromatic rings. The second kappa shape index (κ2) is 11.8. The van der Waals surface area contributed by atoms with E-state index in [0.717, 1.165) is 11.3 Å². The van der Waals surface area contributed by atoms with Crippen molar-refractivity contribution in [2.75, 3.05) is 12.9 Å². The zero-order valence-corrected chi connectivity index (χ0v) is 21.4. The molecular weight excluding hydrogens is 467 g/mol. The van der Waals surface area contributed by atoms with Crippen molar-refractivity contribution in [3.63, 3.8) is 0 Å². The van der Waals surface area contributed by atoms with Crippen LogP contribution in [0.5, 0.6) is 5.75 Å². The first-order valence-electron chi connectivity index (χ1n) is 10.3. The van der Waals surface area contributed by atoms with E-state index in [9.17, 15) is 9.59 Å². The van der Waals surface area contributed by atoms with Gasteiger partial charge in [0.05, 0.1) is 12.9 Å². The lowest BCUT2D eigenvalue weighted by Crippen LogP contribution is -2.52. The average Bonchev–Trinajstić information content (AvgIpc) is 2.72. The van der Waals surface area contributed by atoms with Crippen LogP contribution in [0.25, 0.3) is 0 Å². The van der Waals surface area contributed by atoms with E-state index in [4.69, 9.17) is 27.9 Å². The number of nitrogens with zero attached hydrogens (tertiary/aromatic N) is 1. The molecule has 0 spiro atoms.